The summed E-state index contributed by atoms with van der Waals surface area (Å²) in [6, 6.07) is 4.83. The first kappa shape index (κ1) is 11.5. The number of hydrogen-bond acceptors (Lipinski definition) is 4. The van der Waals surface area contributed by atoms with Crippen LogP contribution in [0, 0.1) is 0 Å². The van der Waals surface area contributed by atoms with E-state index < -0.39 is 30.0 Å². The van der Waals surface area contributed by atoms with Crippen LogP contribution in [0.25, 0.3) is 0 Å². The summed E-state index contributed by atoms with van der Waals surface area (Å²) in [6.07, 6.45) is 0. The van der Waals surface area contributed by atoms with Crippen molar-refractivity contribution in [1.82, 2.24) is 0 Å². The van der Waals surface area contributed by atoms with E-state index in [2.05, 4.69) is 0 Å². The van der Waals surface area contributed by atoms with Gasteiger partial charge in [0.15, 0.2) is 4.90 Å². The number of rotatable bonds is 3. The Morgan fingerprint density at radius 3 is 3.06 bits per heavy atom. The fourth-order valence-corrected chi connectivity index (χ4v) is 2.40. The first-order valence-electron chi connectivity index (χ1n) is 4.60. The molecule has 0 radical (unpaired) electrons. The molecule has 0 fully saturated rings. The Balaban J connectivity index is 2.24. The van der Waals surface area contributed by atoms with Crippen molar-refractivity contribution in [2.75, 3.05) is 5.75 Å². The molecule has 16 heavy (non-hydrogen) atoms. The molecule has 0 unspecified atom stereocenters. The first-order chi connectivity index (χ1) is 7.58. The van der Waals surface area contributed by atoms with Crippen molar-refractivity contribution in [3.8, 4) is 0 Å². The van der Waals surface area contributed by atoms with E-state index in [1.165, 1.54) is 6.07 Å². The predicted octanol–water partition coefficient (Wildman–Crippen LogP) is -0.903. The van der Waals surface area contributed by atoms with Crippen LogP contribution in [0.4, 0.5) is 0 Å². The Morgan fingerprint density at radius 2 is 2.38 bits per heavy atom. The molecule has 1 aliphatic heterocycles. The minimum Gasteiger partial charge on any atom is -0.611 e. The summed E-state index contributed by atoms with van der Waals surface area (Å²) in [5.74, 6) is -1.55. The van der Waals surface area contributed by atoms with Crippen molar-refractivity contribution >= 4 is 29.7 Å². The third kappa shape index (κ3) is 2.22. The van der Waals surface area contributed by atoms with Gasteiger partial charge in [-0.25, -0.2) is 4.79 Å². The van der Waals surface area contributed by atoms with Crippen molar-refractivity contribution < 1.29 is 24.1 Å². The largest absolute Gasteiger partial charge is 0.611 e. The summed E-state index contributed by atoms with van der Waals surface area (Å²) < 4.78 is 16.5. The fourth-order valence-electron chi connectivity index (χ4n) is 1.53. The molecule has 0 spiro atoms. The van der Waals surface area contributed by atoms with Gasteiger partial charge in [0.1, 0.15) is 0 Å². The Morgan fingerprint density at radius 1 is 1.62 bits per heavy atom. The topological polar surface area (TPSA) is 89.8 Å². The maximum Gasteiger partial charge on any atom is 0.491 e. The van der Waals surface area contributed by atoms with Gasteiger partial charge >= 0.3 is 13.1 Å². The lowest BCUT2D eigenvalue weighted by Crippen LogP contribution is -2.29. The van der Waals surface area contributed by atoms with Crippen LogP contribution < -0.4 is 5.46 Å². The summed E-state index contributed by atoms with van der Waals surface area (Å²) in [5.41, 5.74) is 1.40. The van der Waals surface area contributed by atoms with Gasteiger partial charge in [-0.3, -0.25) is 0 Å². The molecule has 7 heteroatoms. The third-order valence-electron chi connectivity index (χ3n) is 2.30. The molecule has 5 nitrogen and oxygen atoms in total. The third-order valence-corrected chi connectivity index (χ3v) is 3.59. The standard InChI is InChI=1S/C9H9BO5S/c11-9(12)5-16(14)7-2-1-6-4-15-10(13)8(6)3-7/h1-3,13H,4-5H2,(H,11,12)/t16-/m1/s1. The van der Waals surface area contributed by atoms with Gasteiger partial charge in [0, 0.05) is 0 Å². The lowest BCUT2D eigenvalue weighted by atomic mass is 9.80. The number of carboxylic acids is 1. The summed E-state index contributed by atoms with van der Waals surface area (Å²) in [5, 5.41) is 18.0. The number of carboxylic acid groups (broad SMARTS) is 1. The van der Waals surface area contributed by atoms with Crippen molar-refractivity contribution in [3.63, 3.8) is 0 Å². The van der Waals surface area contributed by atoms with Crippen LogP contribution >= 0.6 is 0 Å². The van der Waals surface area contributed by atoms with E-state index in [0.717, 1.165) is 5.56 Å². The molecule has 1 atom stereocenters. The number of benzene rings is 1. The average molecular weight is 240 g/mol. The number of hydrogen-bond donors (Lipinski definition) is 2. The zero-order valence-electron chi connectivity index (χ0n) is 8.25. The molecule has 1 aliphatic rings. The molecule has 1 aromatic carbocycles. The van der Waals surface area contributed by atoms with Crippen molar-refractivity contribution in [2.45, 2.75) is 11.5 Å². The average Bonchev–Trinajstić information content (AvgIpc) is 2.59. The smallest absolute Gasteiger partial charge is 0.491 e. The minimum atomic E-state index is -1.59. The zero-order chi connectivity index (χ0) is 11.7. The maximum atomic E-state index is 11.6. The molecule has 0 aromatic heterocycles. The second-order valence-corrected chi connectivity index (χ2v) is 4.86. The second kappa shape index (κ2) is 4.46. The number of carbonyl (C=O) groups is 1. The molecule has 0 saturated carbocycles. The highest BCUT2D eigenvalue weighted by atomic mass is 32.2. The monoisotopic (exact) mass is 240 g/mol. The van der Waals surface area contributed by atoms with Gasteiger partial charge in [0.25, 0.3) is 0 Å². The van der Waals surface area contributed by atoms with Gasteiger partial charge in [0.2, 0.25) is 5.75 Å². The summed E-state index contributed by atoms with van der Waals surface area (Å²) >= 11 is -1.59. The van der Waals surface area contributed by atoms with Gasteiger partial charge in [-0.1, -0.05) is 6.07 Å². The first-order valence-corrected chi connectivity index (χ1v) is 5.92. The van der Waals surface area contributed by atoms with E-state index in [4.69, 9.17) is 9.76 Å². The van der Waals surface area contributed by atoms with Gasteiger partial charge in [-0.2, -0.15) is 0 Å². The van der Waals surface area contributed by atoms with E-state index in [0.29, 0.717) is 17.0 Å². The lowest BCUT2D eigenvalue weighted by Gasteiger charge is -2.08. The molecule has 2 N–H and O–H groups in total. The zero-order valence-corrected chi connectivity index (χ0v) is 9.07. The Bertz CT molecular complexity index is 424. The fraction of sp³-hybridized carbons (Fsp3) is 0.222. The number of aliphatic carboxylic acids is 1. The molecule has 1 heterocycles. The molecule has 84 valence electrons. The molecule has 0 aliphatic carbocycles. The van der Waals surface area contributed by atoms with E-state index in [1.54, 1.807) is 12.1 Å². The van der Waals surface area contributed by atoms with E-state index in [-0.39, 0.29) is 0 Å². The predicted molar refractivity (Wildman–Crippen MR) is 57.7 cm³/mol. The highest BCUT2D eigenvalue weighted by molar-refractivity contribution is 7.92. The van der Waals surface area contributed by atoms with Crippen LogP contribution in [-0.2, 0) is 27.2 Å². The van der Waals surface area contributed by atoms with Crippen LogP contribution in [0.5, 0.6) is 0 Å². The summed E-state index contributed by atoms with van der Waals surface area (Å²) in [6.45, 7) is 0.322. The van der Waals surface area contributed by atoms with Crippen LogP contribution in [0.3, 0.4) is 0 Å². The highest BCUT2D eigenvalue weighted by Crippen LogP contribution is 2.15. The van der Waals surface area contributed by atoms with Gasteiger partial charge in [-0.05, 0) is 34.3 Å². The van der Waals surface area contributed by atoms with Crippen LogP contribution in [0.15, 0.2) is 23.1 Å². The quantitative estimate of drug-likeness (QED) is 0.527. The van der Waals surface area contributed by atoms with E-state index >= 15 is 0 Å². The minimum absolute atomic E-state index is 0.322. The molecular weight excluding hydrogens is 231 g/mol. The van der Waals surface area contributed by atoms with Crippen molar-refractivity contribution in [1.29, 1.82) is 0 Å². The second-order valence-electron chi connectivity index (χ2n) is 3.41. The van der Waals surface area contributed by atoms with Crippen molar-refractivity contribution in [2.24, 2.45) is 0 Å². The maximum absolute atomic E-state index is 11.6. The van der Waals surface area contributed by atoms with Gasteiger partial charge in [0.05, 0.1) is 6.61 Å². The van der Waals surface area contributed by atoms with Crippen LogP contribution in [-0.4, -0.2) is 33.5 Å². The molecular formula is C9H9BO5S. The van der Waals surface area contributed by atoms with E-state index in [9.17, 15) is 14.4 Å². The normalized spacial score (nSPS) is 16.0. The van der Waals surface area contributed by atoms with Crippen molar-refractivity contribution in [3.05, 3.63) is 23.8 Å². The van der Waals surface area contributed by atoms with E-state index in [1.807, 2.05) is 0 Å². The lowest BCUT2D eigenvalue weighted by molar-refractivity contribution is -0.134. The summed E-state index contributed by atoms with van der Waals surface area (Å²) in [7, 11) is -1.00. The SMILES string of the molecule is O=C(O)C[S@@+]([O-])c1ccc2c(c1)B(O)OC2. The molecule has 0 saturated heterocycles. The Hall–Kier alpha value is -1.02. The molecule has 0 bridgehead atoms. The molecule has 2 rings (SSSR count). The molecule has 1 aromatic rings. The Kier molecular flexibility index (Phi) is 3.20. The van der Waals surface area contributed by atoms with Crippen LogP contribution in [0.1, 0.15) is 5.56 Å². The highest BCUT2D eigenvalue weighted by Gasteiger charge is 2.29. The molecule has 0 amide bonds. The summed E-state index contributed by atoms with van der Waals surface area (Å²) in [4.78, 5) is 10.8. The van der Waals surface area contributed by atoms with Gasteiger partial charge < -0.3 is 19.3 Å². The van der Waals surface area contributed by atoms with Crippen LogP contribution in [0.2, 0.25) is 0 Å². The Labute approximate surface area is 95.4 Å². The van der Waals surface area contributed by atoms with Gasteiger partial charge in [-0.15, -0.1) is 0 Å². The number of fused-ring (bicyclic) bond motifs is 1.